The van der Waals surface area contributed by atoms with Gasteiger partial charge in [-0.25, -0.2) is 10.6 Å². The van der Waals surface area contributed by atoms with Crippen LogP contribution in [0.25, 0.3) is 0 Å². The molecule has 5 N–H and O–H groups in total. The first-order valence-electron chi connectivity index (χ1n) is 5.10. The zero-order valence-electron chi connectivity index (χ0n) is 9.65. The molecule has 0 aliphatic heterocycles. The van der Waals surface area contributed by atoms with E-state index in [1.807, 2.05) is 19.3 Å². The van der Waals surface area contributed by atoms with Crippen LogP contribution in [-0.4, -0.2) is 23.0 Å². The molecule has 92 valence electrons. The summed E-state index contributed by atoms with van der Waals surface area (Å²) in [4.78, 5) is 22.3. The molecule has 0 spiro atoms. The van der Waals surface area contributed by atoms with E-state index in [0.717, 1.165) is 0 Å². The van der Waals surface area contributed by atoms with Gasteiger partial charge in [0.05, 0.1) is 11.1 Å². The molecule has 0 bridgehead atoms. The second kappa shape index (κ2) is 5.31. The van der Waals surface area contributed by atoms with Crippen molar-refractivity contribution in [2.24, 2.45) is 5.84 Å². The number of benzene rings is 1. The molecule has 0 saturated carbocycles. The molecule has 17 heavy (non-hydrogen) atoms. The average Bonchev–Trinajstić information content (AvgIpc) is 2.27. The number of carbonyl (C=O) groups excluding carboxylic acids is 1. The van der Waals surface area contributed by atoms with Gasteiger partial charge in [-0.2, -0.15) is 0 Å². The van der Waals surface area contributed by atoms with Crippen molar-refractivity contribution in [1.82, 2.24) is 5.43 Å². The molecule has 1 amide bonds. The van der Waals surface area contributed by atoms with Gasteiger partial charge in [0.1, 0.15) is 0 Å². The lowest BCUT2D eigenvalue weighted by Crippen LogP contribution is -2.31. The Bertz CT molecular complexity index is 444. The molecule has 0 aliphatic carbocycles. The maximum atomic E-state index is 11.5. The van der Waals surface area contributed by atoms with Gasteiger partial charge in [-0.3, -0.25) is 10.2 Å². The third kappa shape index (κ3) is 3.18. The van der Waals surface area contributed by atoms with Crippen LogP contribution < -0.4 is 16.6 Å². The zero-order chi connectivity index (χ0) is 13.0. The number of hydrazine groups is 1. The fourth-order valence-corrected chi connectivity index (χ4v) is 1.38. The van der Waals surface area contributed by atoms with Crippen molar-refractivity contribution in [2.75, 3.05) is 5.32 Å². The minimum absolute atomic E-state index is 0.0397. The predicted octanol–water partition coefficient (Wildman–Crippen LogP) is 0.809. The van der Waals surface area contributed by atoms with Gasteiger partial charge in [0.2, 0.25) is 0 Å². The summed E-state index contributed by atoms with van der Waals surface area (Å²) < 4.78 is 0. The highest BCUT2D eigenvalue weighted by molar-refractivity contribution is 6.02. The minimum Gasteiger partial charge on any atom is -0.478 e. The Morgan fingerprint density at radius 1 is 1.35 bits per heavy atom. The lowest BCUT2D eigenvalue weighted by Gasteiger charge is -2.14. The first-order valence-corrected chi connectivity index (χ1v) is 5.10. The molecular formula is C11H15N3O3. The predicted molar refractivity (Wildman–Crippen MR) is 63.8 cm³/mol. The number of hydrogen-bond donors (Lipinski definition) is 4. The van der Waals surface area contributed by atoms with Crippen LogP contribution in [0.15, 0.2) is 18.2 Å². The number of aromatic carboxylic acids is 1. The van der Waals surface area contributed by atoms with E-state index >= 15 is 0 Å². The average molecular weight is 237 g/mol. The van der Waals surface area contributed by atoms with E-state index in [1.165, 1.54) is 12.1 Å². The Morgan fingerprint density at radius 2 is 2.00 bits per heavy atom. The standard InChI is InChI=1S/C11H15N3O3/c1-6(2)13-9-4-3-7(11(16)17)5-8(9)10(15)14-12/h3-6,13H,12H2,1-2H3,(H,14,15)(H,16,17). The Morgan fingerprint density at radius 3 is 2.47 bits per heavy atom. The highest BCUT2D eigenvalue weighted by Gasteiger charge is 2.14. The summed E-state index contributed by atoms with van der Waals surface area (Å²) in [5.74, 6) is 3.43. The highest BCUT2D eigenvalue weighted by atomic mass is 16.4. The number of amides is 1. The van der Waals surface area contributed by atoms with Crippen LogP contribution in [0.1, 0.15) is 34.6 Å². The Kier molecular flexibility index (Phi) is 4.06. The van der Waals surface area contributed by atoms with Crippen molar-refractivity contribution >= 4 is 17.6 Å². The summed E-state index contributed by atoms with van der Waals surface area (Å²) >= 11 is 0. The molecule has 0 unspecified atom stereocenters. The molecule has 0 saturated heterocycles. The number of carboxylic acids is 1. The van der Waals surface area contributed by atoms with Gasteiger partial charge in [-0.05, 0) is 32.0 Å². The summed E-state index contributed by atoms with van der Waals surface area (Å²) in [7, 11) is 0. The summed E-state index contributed by atoms with van der Waals surface area (Å²) in [6, 6.07) is 4.39. The Hall–Kier alpha value is -2.08. The Labute approximate surface area is 98.8 Å². The van der Waals surface area contributed by atoms with Crippen molar-refractivity contribution in [1.29, 1.82) is 0 Å². The number of anilines is 1. The summed E-state index contributed by atoms with van der Waals surface area (Å²) in [5.41, 5.74) is 2.79. The molecule has 1 aromatic rings. The van der Waals surface area contributed by atoms with Gasteiger partial charge < -0.3 is 10.4 Å². The summed E-state index contributed by atoms with van der Waals surface area (Å²) in [5, 5.41) is 11.9. The van der Waals surface area contributed by atoms with E-state index in [9.17, 15) is 9.59 Å². The van der Waals surface area contributed by atoms with Gasteiger partial charge in [0.25, 0.3) is 5.91 Å². The third-order valence-electron chi connectivity index (χ3n) is 2.09. The lowest BCUT2D eigenvalue weighted by molar-refractivity contribution is 0.0697. The molecule has 0 fully saturated rings. The molecule has 1 rings (SSSR count). The van der Waals surface area contributed by atoms with E-state index in [4.69, 9.17) is 10.9 Å². The van der Waals surface area contributed by atoms with E-state index < -0.39 is 11.9 Å². The normalized spacial score (nSPS) is 10.1. The molecule has 0 atom stereocenters. The smallest absolute Gasteiger partial charge is 0.335 e. The van der Waals surface area contributed by atoms with Crippen molar-refractivity contribution in [3.05, 3.63) is 29.3 Å². The maximum Gasteiger partial charge on any atom is 0.335 e. The Balaban J connectivity index is 3.21. The van der Waals surface area contributed by atoms with Crippen LogP contribution in [-0.2, 0) is 0 Å². The van der Waals surface area contributed by atoms with Crippen LogP contribution >= 0.6 is 0 Å². The number of carboxylic acid groups (broad SMARTS) is 1. The van der Waals surface area contributed by atoms with Crippen molar-refractivity contribution in [2.45, 2.75) is 19.9 Å². The molecule has 0 heterocycles. The van der Waals surface area contributed by atoms with Crippen molar-refractivity contribution in [3.8, 4) is 0 Å². The topological polar surface area (TPSA) is 104 Å². The molecule has 0 aliphatic rings. The number of rotatable bonds is 4. The maximum absolute atomic E-state index is 11.5. The monoisotopic (exact) mass is 237 g/mol. The molecule has 0 radical (unpaired) electrons. The molecule has 1 aromatic carbocycles. The quantitative estimate of drug-likeness (QED) is 0.352. The third-order valence-corrected chi connectivity index (χ3v) is 2.09. The number of nitrogens with one attached hydrogen (secondary N) is 2. The largest absolute Gasteiger partial charge is 0.478 e. The number of carbonyl (C=O) groups is 2. The summed E-state index contributed by atoms with van der Waals surface area (Å²) in [6.45, 7) is 3.82. The van der Waals surface area contributed by atoms with E-state index in [2.05, 4.69) is 5.32 Å². The highest BCUT2D eigenvalue weighted by Crippen LogP contribution is 2.18. The zero-order valence-corrected chi connectivity index (χ0v) is 9.65. The number of nitrogen functional groups attached to an aromatic ring is 1. The van der Waals surface area contributed by atoms with Gasteiger partial charge in [-0.15, -0.1) is 0 Å². The van der Waals surface area contributed by atoms with Crippen molar-refractivity contribution in [3.63, 3.8) is 0 Å². The van der Waals surface area contributed by atoms with Gasteiger partial charge >= 0.3 is 5.97 Å². The number of nitrogens with two attached hydrogens (primary N) is 1. The second-order valence-electron chi connectivity index (χ2n) is 3.84. The van der Waals surface area contributed by atoms with Gasteiger partial charge in [0, 0.05) is 11.7 Å². The van der Waals surface area contributed by atoms with Crippen LogP contribution in [0, 0.1) is 0 Å². The van der Waals surface area contributed by atoms with Crippen LogP contribution in [0.2, 0.25) is 0 Å². The molecule has 6 nitrogen and oxygen atoms in total. The van der Waals surface area contributed by atoms with Crippen molar-refractivity contribution < 1.29 is 14.7 Å². The lowest BCUT2D eigenvalue weighted by atomic mass is 10.1. The van der Waals surface area contributed by atoms with Gasteiger partial charge in [-0.1, -0.05) is 0 Å². The van der Waals surface area contributed by atoms with E-state index in [1.54, 1.807) is 6.07 Å². The van der Waals surface area contributed by atoms with E-state index in [0.29, 0.717) is 5.69 Å². The van der Waals surface area contributed by atoms with Crippen LogP contribution in [0.5, 0.6) is 0 Å². The second-order valence-corrected chi connectivity index (χ2v) is 3.84. The summed E-state index contributed by atoms with van der Waals surface area (Å²) in [6.07, 6.45) is 0. The number of hydrogen-bond acceptors (Lipinski definition) is 4. The SMILES string of the molecule is CC(C)Nc1ccc(C(=O)O)cc1C(=O)NN. The van der Waals surface area contributed by atoms with Gasteiger partial charge in [0.15, 0.2) is 0 Å². The first kappa shape index (κ1) is 13.0. The molecule has 0 aromatic heterocycles. The molecular weight excluding hydrogens is 222 g/mol. The van der Waals surface area contributed by atoms with E-state index in [-0.39, 0.29) is 17.2 Å². The molecule has 6 heteroatoms. The fraction of sp³-hybridized carbons (Fsp3) is 0.273. The minimum atomic E-state index is -1.09. The first-order chi connectivity index (χ1) is 7.95. The fourth-order valence-electron chi connectivity index (χ4n) is 1.38. The van der Waals surface area contributed by atoms with Crippen LogP contribution in [0.3, 0.4) is 0 Å². The van der Waals surface area contributed by atoms with Crippen LogP contribution in [0.4, 0.5) is 5.69 Å².